The Balaban J connectivity index is 2.18. The van der Waals surface area contributed by atoms with Crippen molar-refractivity contribution in [3.05, 3.63) is 52.7 Å². The number of benzene rings is 1. The number of halogens is 1. The molecule has 1 unspecified atom stereocenters. The molecule has 0 aliphatic heterocycles. The SMILES string of the molecule is CCC(C)c1ccc(Oc2nccc(CN)c2Cl)cc1. The van der Waals surface area contributed by atoms with Crippen LogP contribution in [0.2, 0.25) is 5.02 Å². The molecule has 3 nitrogen and oxygen atoms in total. The molecule has 4 heteroatoms. The summed E-state index contributed by atoms with van der Waals surface area (Å²) >= 11 is 6.20. The molecule has 0 fully saturated rings. The average Bonchev–Trinajstić information content (AvgIpc) is 2.49. The van der Waals surface area contributed by atoms with Crippen LogP contribution in [0.15, 0.2) is 36.5 Å². The van der Waals surface area contributed by atoms with Crippen LogP contribution >= 0.6 is 11.6 Å². The van der Waals surface area contributed by atoms with E-state index < -0.39 is 0 Å². The monoisotopic (exact) mass is 290 g/mol. The first-order valence-corrected chi connectivity index (χ1v) is 7.14. The van der Waals surface area contributed by atoms with E-state index in [0.29, 0.717) is 23.4 Å². The van der Waals surface area contributed by atoms with E-state index in [0.717, 1.165) is 17.7 Å². The summed E-state index contributed by atoms with van der Waals surface area (Å²) in [6.45, 7) is 4.75. The zero-order valence-electron chi connectivity index (χ0n) is 11.8. The van der Waals surface area contributed by atoms with Crippen molar-refractivity contribution in [3.63, 3.8) is 0 Å². The predicted molar refractivity (Wildman–Crippen MR) is 82.4 cm³/mol. The second-order valence-corrected chi connectivity index (χ2v) is 5.15. The van der Waals surface area contributed by atoms with Crippen LogP contribution < -0.4 is 10.5 Å². The van der Waals surface area contributed by atoms with E-state index in [9.17, 15) is 0 Å². The fourth-order valence-corrected chi connectivity index (χ4v) is 2.13. The van der Waals surface area contributed by atoms with Crippen molar-refractivity contribution < 1.29 is 4.74 Å². The summed E-state index contributed by atoms with van der Waals surface area (Å²) in [5.41, 5.74) is 7.74. The van der Waals surface area contributed by atoms with E-state index >= 15 is 0 Å². The Morgan fingerprint density at radius 1 is 1.25 bits per heavy atom. The van der Waals surface area contributed by atoms with E-state index in [-0.39, 0.29) is 0 Å². The van der Waals surface area contributed by atoms with Crippen LogP contribution in [0.25, 0.3) is 0 Å². The summed E-state index contributed by atoms with van der Waals surface area (Å²) in [5, 5.41) is 0.473. The Morgan fingerprint density at radius 2 is 1.95 bits per heavy atom. The van der Waals surface area contributed by atoms with E-state index in [4.69, 9.17) is 22.1 Å². The molecule has 0 spiro atoms. The maximum atomic E-state index is 6.20. The molecule has 0 saturated carbocycles. The van der Waals surface area contributed by atoms with Gasteiger partial charge < -0.3 is 10.5 Å². The fraction of sp³-hybridized carbons (Fsp3) is 0.312. The minimum absolute atomic E-state index is 0.366. The molecule has 2 aromatic rings. The van der Waals surface area contributed by atoms with Crippen LogP contribution in [-0.4, -0.2) is 4.98 Å². The number of nitrogens with zero attached hydrogens (tertiary/aromatic N) is 1. The van der Waals surface area contributed by atoms with Gasteiger partial charge in [-0.3, -0.25) is 0 Å². The third-order valence-corrected chi connectivity index (χ3v) is 3.84. The zero-order chi connectivity index (χ0) is 14.5. The van der Waals surface area contributed by atoms with Crippen molar-refractivity contribution in [1.29, 1.82) is 0 Å². The van der Waals surface area contributed by atoms with Crippen molar-refractivity contribution >= 4 is 11.6 Å². The highest BCUT2D eigenvalue weighted by molar-refractivity contribution is 6.32. The molecule has 0 amide bonds. The van der Waals surface area contributed by atoms with Gasteiger partial charge >= 0.3 is 0 Å². The number of ether oxygens (including phenoxy) is 1. The summed E-state index contributed by atoms with van der Waals surface area (Å²) in [7, 11) is 0. The van der Waals surface area contributed by atoms with Gasteiger partial charge in [0.25, 0.3) is 0 Å². The van der Waals surface area contributed by atoms with Gasteiger partial charge in [0.1, 0.15) is 10.8 Å². The van der Waals surface area contributed by atoms with E-state index in [1.807, 2.05) is 12.1 Å². The van der Waals surface area contributed by atoms with Crippen molar-refractivity contribution in [2.24, 2.45) is 5.73 Å². The first-order valence-electron chi connectivity index (χ1n) is 6.77. The molecule has 0 saturated heterocycles. The van der Waals surface area contributed by atoms with Crippen LogP contribution in [0.5, 0.6) is 11.6 Å². The average molecular weight is 291 g/mol. The zero-order valence-corrected chi connectivity index (χ0v) is 12.5. The van der Waals surface area contributed by atoms with Crippen LogP contribution in [0.3, 0.4) is 0 Å². The second kappa shape index (κ2) is 6.73. The van der Waals surface area contributed by atoms with Crippen molar-refractivity contribution in [1.82, 2.24) is 4.98 Å². The molecule has 0 radical (unpaired) electrons. The molecule has 106 valence electrons. The van der Waals surface area contributed by atoms with E-state index in [2.05, 4.69) is 31.0 Å². The molecule has 1 atom stereocenters. The molecule has 1 aromatic heterocycles. The van der Waals surface area contributed by atoms with E-state index in [1.165, 1.54) is 5.56 Å². The molecular formula is C16H19ClN2O. The van der Waals surface area contributed by atoms with Gasteiger partial charge in [-0.1, -0.05) is 37.6 Å². The van der Waals surface area contributed by atoms with Crippen molar-refractivity contribution in [2.45, 2.75) is 32.7 Å². The number of aromatic nitrogens is 1. The molecule has 20 heavy (non-hydrogen) atoms. The lowest BCUT2D eigenvalue weighted by atomic mass is 9.99. The quantitative estimate of drug-likeness (QED) is 0.882. The molecule has 0 aliphatic carbocycles. The first-order chi connectivity index (χ1) is 9.65. The summed E-state index contributed by atoms with van der Waals surface area (Å²) in [5.74, 6) is 1.66. The molecule has 1 heterocycles. The lowest BCUT2D eigenvalue weighted by Gasteiger charge is -2.11. The third kappa shape index (κ3) is 3.30. The molecule has 0 bridgehead atoms. The van der Waals surface area contributed by atoms with Crippen molar-refractivity contribution in [2.75, 3.05) is 0 Å². The second-order valence-electron chi connectivity index (χ2n) is 4.77. The summed E-state index contributed by atoms with van der Waals surface area (Å²) in [6, 6.07) is 9.82. The Bertz CT molecular complexity index is 569. The van der Waals surface area contributed by atoms with Gasteiger partial charge in [0.2, 0.25) is 5.88 Å². The minimum Gasteiger partial charge on any atom is -0.438 e. The summed E-state index contributed by atoms with van der Waals surface area (Å²) in [4.78, 5) is 4.15. The predicted octanol–water partition coefficient (Wildman–Crippen LogP) is 4.50. The molecule has 2 rings (SSSR count). The Morgan fingerprint density at radius 3 is 2.55 bits per heavy atom. The van der Waals surface area contributed by atoms with Crippen LogP contribution in [-0.2, 0) is 6.54 Å². The lowest BCUT2D eigenvalue weighted by molar-refractivity contribution is 0.462. The fourth-order valence-electron chi connectivity index (χ4n) is 1.90. The van der Waals surface area contributed by atoms with E-state index in [1.54, 1.807) is 12.3 Å². The molecule has 2 N–H and O–H groups in total. The maximum Gasteiger partial charge on any atom is 0.238 e. The Labute approximate surface area is 124 Å². The molecule has 0 aliphatic rings. The van der Waals surface area contributed by atoms with Gasteiger partial charge in [0, 0.05) is 12.7 Å². The largest absolute Gasteiger partial charge is 0.438 e. The van der Waals surface area contributed by atoms with Gasteiger partial charge in [-0.2, -0.15) is 0 Å². The first kappa shape index (κ1) is 14.8. The van der Waals surface area contributed by atoms with Gasteiger partial charge in [-0.15, -0.1) is 0 Å². The van der Waals surface area contributed by atoms with Crippen LogP contribution in [0.1, 0.15) is 37.3 Å². The highest BCUT2D eigenvalue weighted by Crippen LogP contribution is 2.30. The number of pyridine rings is 1. The number of rotatable bonds is 5. The smallest absolute Gasteiger partial charge is 0.238 e. The lowest BCUT2D eigenvalue weighted by Crippen LogP contribution is -1.99. The minimum atomic E-state index is 0.366. The molecular weight excluding hydrogens is 272 g/mol. The van der Waals surface area contributed by atoms with Crippen LogP contribution in [0, 0.1) is 0 Å². The molecule has 1 aromatic carbocycles. The highest BCUT2D eigenvalue weighted by Gasteiger charge is 2.09. The summed E-state index contributed by atoms with van der Waals surface area (Å²) in [6.07, 6.45) is 2.77. The Hall–Kier alpha value is -1.58. The maximum absolute atomic E-state index is 6.20. The number of nitrogens with two attached hydrogens (primary N) is 1. The normalized spacial score (nSPS) is 12.2. The Kier molecular flexibility index (Phi) is 4.99. The topological polar surface area (TPSA) is 48.1 Å². The number of hydrogen-bond donors (Lipinski definition) is 1. The van der Waals surface area contributed by atoms with Crippen molar-refractivity contribution in [3.8, 4) is 11.6 Å². The van der Waals surface area contributed by atoms with Gasteiger partial charge in [0.05, 0.1) is 0 Å². The van der Waals surface area contributed by atoms with Gasteiger partial charge in [-0.05, 0) is 41.7 Å². The van der Waals surface area contributed by atoms with Gasteiger partial charge in [-0.25, -0.2) is 4.98 Å². The third-order valence-electron chi connectivity index (χ3n) is 3.43. The number of hydrogen-bond acceptors (Lipinski definition) is 3. The summed E-state index contributed by atoms with van der Waals surface area (Å²) < 4.78 is 5.72. The van der Waals surface area contributed by atoms with Gasteiger partial charge in [0.15, 0.2) is 0 Å². The van der Waals surface area contributed by atoms with Crippen LogP contribution in [0.4, 0.5) is 0 Å². The highest BCUT2D eigenvalue weighted by atomic mass is 35.5. The standard InChI is InChI=1S/C16H19ClN2O/c1-3-11(2)12-4-6-14(7-5-12)20-16-15(17)13(10-18)8-9-19-16/h4-9,11H,3,10,18H2,1-2H3.